The van der Waals surface area contributed by atoms with Gasteiger partial charge in [-0.1, -0.05) is 48.6 Å². The van der Waals surface area contributed by atoms with Crippen LogP contribution in [0.5, 0.6) is 5.75 Å². The molecule has 10 heteroatoms. The molecule has 1 atom stereocenters. The third-order valence-electron chi connectivity index (χ3n) is 5.32. The molecule has 0 spiro atoms. The van der Waals surface area contributed by atoms with Gasteiger partial charge in [0.1, 0.15) is 11.3 Å². The number of carbonyl (C=O) groups is 2. The molecule has 1 fully saturated rings. The van der Waals surface area contributed by atoms with Crippen molar-refractivity contribution in [2.45, 2.75) is 30.5 Å². The van der Waals surface area contributed by atoms with E-state index in [1.807, 2.05) is 30.3 Å². The van der Waals surface area contributed by atoms with E-state index in [9.17, 15) is 18.0 Å². The number of ether oxygens (including phenoxy) is 1. The number of hydrogen-bond acceptors (Lipinski definition) is 5. The number of sulfonamides is 1. The molecule has 8 nitrogen and oxygen atoms in total. The second-order valence-corrected chi connectivity index (χ2v) is 14.4. The van der Waals surface area contributed by atoms with E-state index in [2.05, 4.69) is 28.4 Å². The molecule has 1 heterocycles. The Morgan fingerprint density at radius 3 is 2.33 bits per heavy atom. The molecule has 3 amide bonds. The van der Waals surface area contributed by atoms with Crippen LogP contribution in [0.4, 0.5) is 4.79 Å². The van der Waals surface area contributed by atoms with Gasteiger partial charge in [0.25, 0.3) is 5.91 Å². The fourth-order valence-electron chi connectivity index (χ4n) is 3.33. The number of methoxy groups -OCH3 is 1. The van der Waals surface area contributed by atoms with Crippen molar-refractivity contribution in [1.29, 1.82) is 0 Å². The summed E-state index contributed by atoms with van der Waals surface area (Å²) in [6.45, 7) is 5.67. The molecule has 2 aromatic carbocycles. The van der Waals surface area contributed by atoms with Gasteiger partial charge in [-0.25, -0.2) is 17.9 Å². The lowest BCUT2D eigenvalue weighted by Gasteiger charge is -2.25. The van der Waals surface area contributed by atoms with Crippen LogP contribution in [0.15, 0.2) is 53.4 Å². The Morgan fingerprint density at radius 1 is 1.10 bits per heavy atom. The number of benzene rings is 2. The zero-order valence-electron chi connectivity index (χ0n) is 17.3. The van der Waals surface area contributed by atoms with Gasteiger partial charge in [0, 0.05) is 11.7 Å². The molecular weight excluding hydrogens is 422 g/mol. The average molecular weight is 448 g/mol. The first-order valence-corrected chi connectivity index (χ1v) is 14.1. The van der Waals surface area contributed by atoms with Crippen molar-refractivity contribution in [3.05, 3.63) is 54.1 Å². The first-order valence-electron chi connectivity index (χ1n) is 9.37. The first-order chi connectivity index (χ1) is 14.0. The Bertz CT molecular complexity index is 1090. The molecule has 1 aliphatic heterocycles. The van der Waals surface area contributed by atoms with Crippen LogP contribution >= 0.6 is 0 Å². The van der Waals surface area contributed by atoms with Gasteiger partial charge in [0.2, 0.25) is 10.0 Å². The molecule has 2 aromatic rings. The van der Waals surface area contributed by atoms with Crippen molar-refractivity contribution in [2.75, 3.05) is 13.3 Å². The average Bonchev–Trinajstić information content (AvgIpc) is 2.99. The number of rotatable bonds is 7. The minimum Gasteiger partial charge on any atom is -0.496 e. The molecule has 3 N–H and O–H groups in total. The van der Waals surface area contributed by atoms with Crippen molar-refractivity contribution in [1.82, 2.24) is 15.4 Å². The zero-order valence-corrected chi connectivity index (χ0v) is 19.1. The Hall–Kier alpha value is -2.69. The van der Waals surface area contributed by atoms with Crippen molar-refractivity contribution in [2.24, 2.45) is 0 Å². The number of hydrogen-bond donors (Lipinski definition) is 3. The molecule has 0 aromatic heterocycles. The maximum Gasteiger partial charge on any atom is 0.322 e. The first kappa shape index (κ1) is 22.0. The van der Waals surface area contributed by atoms with E-state index >= 15 is 0 Å². The van der Waals surface area contributed by atoms with Crippen molar-refractivity contribution in [3.8, 4) is 5.75 Å². The molecule has 0 aliphatic carbocycles. The molecule has 3 rings (SSSR count). The van der Waals surface area contributed by atoms with E-state index in [4.69, 9.17) is 4.74 Å². The highest BCUT2D eigenvalue weighted by atomic mass is 32.2. The summed E-state index contributed by atoms with van der Waals surface area (Å²) >= 11 is 0. The standard InChI is InChI=1S/C20H25N3O5SSi/c1-20(18(24)22-19(25)23-20)16-12-14(10-11-17(16)28-2)29(26,27)21-13-30(3,4)15-8-6-5-7-9-15/h5-12,21H,13H2,1-4H3,(H2,22,23,24,25). The summed E-state index contributed by atoms with van der Waals surface area (Å²) in [5.41, 5.74) is -1.18. The van der Waals surface area contributed by atoms with Gasteiger partial charge >= 0.3 is 6.03 Å². The molecule has 30 heavy (non-hydrogen) atoms. The molecule has 1 saturated heterocycles. The number of carbonyl (C=O) groups excluding carboxylic acids is 2. The maximum absolute atomic E-state index is 13.0. The molecule has 1 unspecified atom stereocenters. The molecule has 0 radical (unpaired) electrons. The van der Waals surface area contributed by atoms with Gasteiger partial charge in [-0.2, -0.15) is 0 Å². The van der Waals surface area contributed by atoms with E-state index in [1.165, 1.54) is 32.2 Å². The van der Waals surface area contributed by atoms with Crippen LogP contribution in [0.3, 0.4) is 0 Å². The maximum atomic E-state index is 13.0. The van der Waals surface area contributed by atoms with Crippen LogP contribution in [0, 0.1) is 0 Å². The fourth-order valence-corrected chi connectivity index (χ4v) is 7.52. The summed E-state index contributed by atoms with van der Waals surface area (Å²) < 4.78 is 34.0. The SMILES string of the molecule is COc1ccc(S(=O)(=O)NC[Si](C)(C)c2ccccc2)cc1C1(C)NC(=O)NC1=O. The Balaban J connectivity index is 1.92. The molecular formula is C20H25N3O5SSi. The highest BCUT2D eigenvalue weighted by Gasteiger charge is 2.45. The number of urea groups is 1. The van der Waals surface area contributed by atoms with E-state index < -0.39 is 35.6 Å². The highest BCUT2D eigenvalue weighted by Crippen LogP contribution is 2.34. The Kier molecular flexibility index (Phi) is 5.76. The molecule has 1 aliphatic rings. The summed E-state index contributed by atoms with van der Waals surface area (Å²) in [4.78, 5) is 24.0. The summed E-state index contributed by atoms with van der Waals surface area (Å²) in [5, 5.41) is 5.85. The normalized spacial score (nSPS) is 19.3. The van der Waals surface area contributed by atoms with Gasteiger partial charge in [-0.05, 0) is 25.1 Å². The second-order valence-electron chi connectivity index (χ2n) is 7.97. The molecule has 0 bridgehead atoms. The predicted octanol–water partition coefficient (Wildman–Crippen LogP) is 1.18. The van der Waals surface area contributed by atoms with Crippen LogP contribution in [-0.2, 0) is 20.4 Å². The van der Waals surface area contributed by atoms with E-state index in [1.54, 1.807) is 0 Å². The smallest absolute Gasteiger partial charge is 0.322 e. The number of nitrogens with one attached hydrogen (secondary N) is 3. The largest absolute Gasteiger partial charge is 0.496 e. The molecule has 160 valence electrons. The lowest BCUT2D eigenvalue weighted by molar-refractivity contribution is -0.123. The van der Waals surface area contributed by atoms with Gasteiger partial charge < -0.3 is 10.1 Å². The van der Waals surface area contributed by atoms with E-state index in [-0.39, 0.29) is 10.5 Å². The zero-order chi connectivity index (χ0) is 22.2. The van der Waals surface area contributed by atoms with E-state index in [0.717, 1.165) is 5.19 Å². The van der Waals surface area contributed by atoms with Gasteiger partial charge in [-0.3, -0.25) is 10.1 Å². The van der Waals surface area contributed by atoms with Gasteiger partial charge in [0.15, 0.2) is 0 Å². The summed E-state index contributed by atoms with van der Waals surface area (Å²) in [6.07, 6.45) is 0.315. The topological polar surface area (TPSA) is 114 Å². The molecule has 0 saturated carbocycles. The van der Waals surface area contributed by atoms with Crippen LogP contribution in [0.25, 0.3) is 0 Å². The van der Waals surface area contributed by atoms with Crippen LogP contribution in [0.2, 0.25) is 13.1 Å². The predicted molar refractivity (Wildman–Crippen MR) is 116 cm³/mol. The number of imide groups is 1. The van der Waals surface area contributed by atoms with Gasteiger partial charge in [0.05, 0.1) is 20.1 Å². The highest BCUT2D eigenvalue weighted by molar-refractivity contribution is 7.89. The van der Waals surface area contributed by atoms with Crippen molar-refractivity contribution >= 4 is 35.2 Å². The third-order valence-corrected chi connectivity index (χ3v) is 9.94. The van der Waals surface area contributed by atoms with Gasteiger partial charge in [-0.15, -0.1) is 0 Å². The summed E-state index contributed by atoms with van der Waals surface area (Å²) in [6, 6.07) is 13.4. The third kappa shape index (κ3) is 4.11. The summed E-state index contributed by atoms with van der Waals surface area (Å²) in [5.74, 6) is -0.279. The Labute approximate surface area is 177 Å². The summed E-state index contributed by atoms with van der Waals surface area (Å²) in [7, 11) is -4.49. The minimum absolute atomic E-state index is 0.00802. The van der Waals surface area contributed by atoms with Crippen molar-refractivity contribution < 1.29 is 22.7 Å². The lowest BCUT2D eigenvalue weighted by Crippen LogP contribution is -2.51. The quantitative estimate of drug-likeness (QED) is 0.436. The van der Waals surface area contributed by atoms with Crippen LogP contribution < -0.4 is 25.3 Å². The number of amides is 3. The van der Waals surface area contributed by atoms with Crippen LogP contribution in [0.1, 0.15) is 12.5 Å². The second kappa shape index (κ2) is 7.86. The van der Waals surface area contributed by atoms with Crippen LogP contribution in [-0.4, -0.2) is 41.7 Å². The minimum atomic E-state index is -3.85. The fraction of sp³-hybridized carbons (Fsp3) is 0.300. The Morgan fingerprint density at radius 2 is 1.77 bits per heavy atom. The lowest BCUT2D eigenvalue weighted by atomic mass is 9.91. The van der Waals surface area contributed by atoms with E-state index in [0.29, 0.717) is 11.9 Å². The monoisotopic (exact) mass is 447 g/mol. The van der Waals surface area contributed by atoms with Crippen molar-refractivity contribution in [3.63, 3.8) is 0 Å².